The SMILES string of the molecule is CC(=O)[C@H]1C(O)(CCCCCC(=O)O)C[C@H]2[C@@H]3CCC4=CC(=O)CC[C@]4(C)[C@H]3CC[C@@]21C. The number of hydrogen-bond donors (Lipinski definition) is 2. The van der Waals surface area contributed by atoms with Crippen molar-refractivity contribution in [3.8, 4) is 0 Å². The van der Waals surface area contributed by atoms with Gasteiger partial charge in [0.2, 0.25) is 0 Å². The number of carboxylic acid groups (broad SMARTS) is 1. The number of Topliss-reactive ketones (excluding diaryl/α,β-unsaturated/α-hetero) is 1. The Morgan fingerprint density at radius 3 is 2.50 bits per heavy atom. The van der Waals surface area contributed by atoms with Crippen LogP contribution in [0.2, 0.25) is 0 Å². The molecule has 7 atom stereocenters. The maximum absolute atomic E-state index is 12.9. The van der Waals surface area contributed by atoms with Crippen LogP contribution in [0.5, 0.6) is 0 Å². The normalized spacial score (nSPS) is 43.1. The molecule has 0 saturated heterocycles. The highest BCUT2D eigenvalue weighted by atomic mass is 16.4. The van der Waals surface area contributed by atoms with E-state index in [2.05, 4.69) is 13.8 Å². The van der Waals surface area contributed by atoms with E-state index in [4.69, 9.17) is 5.11 Å². The predicted octanol–water partition coefficient (Wildman–Crippen LogP) is 5.10. The molecule has 0 spiro atoms. The van der Waals surface area contributed by atoms with Crippen molar-refractivity contribution in [3.63, 3.8) is 0 Å². The Morgan fingerprint density at radius 1 is 1.06 bits per heavy atom. The standard InChI is InChI=1S/C27H40O5/c1-17(28)24-26(3)14-11-21-20(9-8-18-15-19(29)10-13-25(18,21)2)22(26)16-27(24,32)12-6-4-5-7-23(30)31/h15,20-22,24,32H,4-14,16H2,1-3H3,(H,30,31)/t20-,21+,22+,24-,25+,26+,27?/m1/s1. The fourth-order valence-corrected chi connectivity index (χ4v) is 8.74. The van der Waals surface area contributed by atoms with Crippen molar-refractivity contribution in [2.75, 3.05) is 0 Å². The summed E-state index contributed by atoms with van der Waals surface area (Å²) in [7, 11) is 0. The minimum atomic E-state index is -0.983. The minimum Gasteiger partial charge on any atom is -0.481 e. The first-order chi connectivity index (χ1) is 15.0. The number of carbonyl (C=O) groups excluding carboxylic acids is 2. The third-order valence-corrected chi connectivity index (χ3v) is 10.1. The van der Waals surface area contributed by atoms with Crippen molar-refractivity contribution in [2.45, 2.75) is 103 Å². The van der Waals surface area contributed by atoms with Crippen LogP contribution in [-0.4, -0.2) is 33.3 Å². The molecule has 0 radical (unpaired) electrons. The summed E-state index contributed by atoms with van der Waals surface area (Å²) in [6.45, 7) is 6.26. The van der Waals surface area contributed by atoms with E-state index in [-0.39, 0.29) is 34.7 Å². The molecule has 4 aliphatic carbocycles. The Balaban J connectivity index is 1.56. The number of rotatable bonds is 7. The zero-order valence-corrected chi connectivity index (χ0v) is 20.0. The molecule has 4 rings (SSSR count). The van der Waals surface area contributed by atoms with Crippen LogP contribution in [-0.2, 0) is 14.4 Å². The lowest BCUT2D eigenvalue weighted by atomic mass is 9.46. The van der Waals surface area contributed by atoms with Crippen molar-refractivity contribution in [1.82, 2.24) is 0 Å². The molecule has 3 fully saturated rings. The van der Waals surface area contributed by atoms with Crippen molar-refractivity contribution in [3.05, 3.63) is 11.6 Å². The molecule has 0 aliphatic heterocycles. The minimum absolute atomic E-state index is 0.0847. The van der Waals surface area contributed by atoms with E-state index in [9.17, 15) is 19.5 Å². The van der Waals surface area contributed by atoms with Gasteiger partial charge < -0.3 is 10.2 Å². The number of unbranched alkanes of at least 4 members (excludes halogenated alkanes) is 2. The number of ketones is 2. The molecule has 0 aromatic heterocycles. The quantitative estimate of drug-likeness (QED) is 0.533. The summed E-state index contributed by atoms with van der Waals surface area (Å²) >= 11 is 0. The highest BCUT2D eigenvalue weighted by molar-refractivity contribution is 5.91. The first kappa shape index (κ1) is 23.7. The average Bonchev–Trinajstić information content (AvgIpc) is 2.95. The molecule has 0 amide bonds. The van der Waals surface area contributed by atoms with Gasteiger partial charge in [-0.25, -0.2) is 0 Å². The summed E-state index contributed by atoms with van der Waals surface area (Å²) in [6, 6.07) is 0. The first-order valence-corrected chi connectivity index (χ1v) is 12.7. The van der Waals surface area contributed by atoms with E-state index in [0.717, 1.165) is 44.9 Å². The van der Waals surface area contributed by atoms with Crippen LogP contribution in [0.25, 0.3) is 0 Å². The lowest BCUT2D eigenvalue weighted by molar-refractivity contribution is -0.138. The maximum atomic E-state index is 12.9. The molecule has 0 bridgehead atoms. The van der Waals surface area contributed by atoms with Crippen LogP contribution in [0, 0.1) is 34.5 Å². The summed E-state index contributed by atoms with van der Waals surface area (Å²) in [4.78, 5) is 35.8. The summed E-state index contributed by atoms with van der Waals surface area (Å²) in [5.74, 6) is 0.609. The van der Waals surface area contributed by atoms with Crippen LogP contribution in [0.4, 0.5) is 0 Å². The van der Waals surface area contributed by atoms with Gasteiger partial charge in [-0.3, -0.25) is 14.4 Å². The van der Waals surface area contributed by atoms with E-state index >= 15 is 0 Å². The second-order valence-electron chi connectivity index (χ2n) is 11.8. The lowest BCUT2D eigenvalue weighted by Crippen LogP contribution is -2.51. The van der Waals surface area contributed by atoms with Crippen LogP contribution in [0.1, 0.15) is 97.8 Å². The number of carboxylic acids is 1. The van der Waals surface area contributed by atoms with Gasteiger partial charge in [-0.1, -0.05) is 32.3 Å². The summed E-state index contributed by atoms with van der Waals surface area (Å²) < 4.78 is 0. The van der Waals surface area contributed by atoms with E-state index < -0.39 is 11.6 Å². The van der Waals surface area contributed by atoms with Crippen molar-refractivity contribution < 1.29 is 24.6 Å². The van der Waals surface area contributed by atoms with Crippen LogP contribution < -0.4 is 0 Å². The van der Waals surface area contributed by atoms with E-state index in [1.54, 1.807) is 6.92 Å². The van der Waals surface area contributed by atoms with Crippen molar-refractivity contribution in [1.29, 1.82) is 0 Å². The van der Waals surface area contributed by atoms with Gasteiger partial charge in [0.05, 0.1) is 11.5 Å². The summed E-state index contributed by atoms with van der Waals surface area (Å²) in [5, 5.41) is 20.7. The van der Waals surface area contributed by atoms with Gasteiger partial charge in [0.25, 0.3) is 0 Å². The van der Waals surface area contributed by atoms with Crippen LogP contribution in [0.15, 0.2) is 11.6 Å². The number of fused-ring (bicyclic) bond motifs is 5. The van der Waals surface area contributed by atoms with Gasteiger partial charge in [-0.15, -0.1) is 0 Å². The summed E-state index contributed by atoms with van der Waals surface area (Å²) in [5.41, 5.74) is 0.267. The molecule has 32 heavy (non-hydrogen) atoms. The van der Waals surface area contributed by atoms with E-state index in [0.29, 0.717) is 43.4 Å². The molecule has 4 aliphatic rings. The molecule has 178 valence electrons. The zero-order valence-electron chi connectivity index (χ0n) is 20.0. The highest BCUT2D eigenvalue weighted by Gasteiger charge is 2.66. The number of aliphatic hydroxyl groups is 1. The second kappa shape index (κ2) is 8.38. The predicted molar refractivity (Wildman–Crippen MR) is 122 cm³/mol. The zero-order chi connectivity index (χ0) is 23.3. The molecular weight excluding hydrogens is 404 g/mol. The van der Waals surface area contributed by atoms with Gasteiger partial charge in [0.1, 0.15) is 5.78 Å². The lowest BCUT2D eigenvalue weighted by Gasteiger charge is -2.57. The van der Waals surface area contributed by atoms with Gasteiger partial charge in [0, 0.05) is 12.8 Å². The number of aliphatic carboxylic acids is 1. The first-order valence-electron chi connectivity index (χ1n) is 12.7. The molecule has 0 aromatic rings. The van der Waals surface area contributed by atoms with Gasteiger partial charge in [-0.05, 0) is 93.0 Å². The maximum Gasteiger partial charge on any atom is 0.303 e. The van der Waals surface area contributed by atoms with Gasteiger partial charge in [0.15, 0.2) is 5.78 Å². The third-order valence-electron chi connectivity index (χ3n) is 10.1. The molecule has 0 aromatic carbocycles. The smallest absolute Gasteiger partial charge is 0.303 e. The molecule has 0 heterocycles. The molecule has 5 heteroatoms. The topological polar surface area (TPSA) is 91.7 Å². The van der Waals surface area contributed by atoms with Crippen LogP contribution >= 0.6 is 0 Å². The number of carbonyl (C=O) groups is 3. The largest absolute Gasteiger partial charge is 0.481 e. The average molecular weight is 445 g/mol. The molecule has 5 nitrogen and oxygen atoms in total. The summed E-state index contributed by atoms with van der Waals surface area (Å²) in [6.07, 6.45) is 11.1. The molecule has 2 N–H and O–H groups in total. The van der Waals surface area contributed by atoms with Gasteiger partial charge >= 0.3 is 5.97 Å². The fraction of sp³-hybridized carbons (Fsp3) is 0.815. The van der Waals surface area contributed by atoms with Crippen LogP contribution in [0.3, 0.4) is 0 Å². The third kappa shape index (κ3) is 3.78. The monoisotopic (exact) mass is 444 g/mol. The van der Waals surface area contributed by atoms with Crippen molar-refractivity contribution >= 4 is 17.5 Å². The van der Waals surface area contributed by atoms with Gasteiger partial charge in [-0.2, -0.15) is 0 Å². The molecule has 3 saturated carbocycles. The Hall–Kier alpha value is -1.49. The fourth-order valence-electron chi connectivity index (χ4n) is 8.74. The highest BCUT2D eigenvalue weighted by Crippen LogP contribution is 2.69. The Kier molecular flexibility index (Phi) is 6.19. The Labute approximate surface area is 192 Å². The van der Waals surface area contributed by atoms with Crippen molar-refractivity contribution in [2.24, 2.45) is 34.5 Å². The molecule has 1 unspecified atom stereocenters. The number of allylic oxidation sites excluding steroid dienone is 1. The Morgan fingerprint density at radius 2 is 1.81 bits per heavy atom. The molecular formula is C27H40O5. The number of hydrogen-bond acceptors (Lipinski definition) is 4. The Bertz CT molecular complexity index is 830. The van der Waals surface area contributed by atoms with E-state index in [1.807, 2.05) is 6.08 Å². The second-order valence-corrected chi connectivity index (χ2v) is 11.8. The van der Waals surface area contributed by atoms with E-state index in [1.165, 1.54) is 5.57 Å².